The van der Waals surface area contributed by atoms with Gasteiger partial charge in [0.05, 0.1) is 4.90 Å². The Morgan fingerprint density at radius 2 is 2.00 bits per heavy atom. The summed E-state index contributed by atoms with van der Waals surface area (Å²) in [5.74, 6) is 0.596. The van der Waals surface area contributed by atoms with Crippen molar-refractivity contribution in [2.45, 2.75) is 37.5 Å². The molecular weight excluding hydrogens is 248 g/mol. The lowest BCUT2D eigenvalue weighted by molar-refractivity contribution is 0.498. The van der Waals surface area contributed by atoms with Gasteiger partial charge in [-0.15, -0.1) is 0 Å². The van der Waals surface area contributed by atoms with Crippen molar-refractivity contribution < 1.29 is 8.42 Å². The first-order chi connectivity index (χ1) is 8.58. The standard InChI is InChI=1S/C13H18N2O2S/c1-11-6-5-7-12(10-11)14-15-18(16,17)13-8-3-2-4-9-13/h2-4,8-9,11,15H,5-7,10H2,1H3/b14-12-. The lowest BCUT2D eigenvalue weighted by Gasteiger charge is -2.19. The van der Waals surface area contributed by atoms with E-state index in [-0.39, 0.29) is 4.90 Å². The molecule has 98 valence electrons. The maximum absolute atomic E-state index is 11.9. The third-order valence-corrected chi connectivity index (χ3v) is 4.35. The van der Waals surface area contributed by atoms with Crippen LogP contribution in [0.2, 0.25) is 0 Å². The highest BCUT2D eigenvalue weighted by Crippen LogP contribution is 2.21. The molecule has 1 atom stereocenters. The van der Waals surface area contributed by atoms with E-state index in [0.717, 1.165) is 25.0 Å². The van der Waals surface area contributed by atoms with Crippen LogP contribution >= 0.6 is 0 Å². The summed E-state index contributed by atoms with van der Waals surface area (Å²) in [6, 6.07) is 8.31. The van der Waals surface area contributed by atoms with Gasteiger partial charge in [0, 0.05) is 5.71 Å². The number of hydrazone groups is 1. The summed E-state index contributed by atoms with van der Waals surface area (Å²) in [5.41, 5.74) is 0.952. The molecule has 1 aliphatic carbocycles. The molecule has 1 N–H and O–H groups in total. The van der Waals surface area contributed by atoms with Crippen LogP contribution in [0.15, 0.2) is 40.3 Å². The molecule has 0 aromatic heterocycles. The third-order valence-electron chi connectivity index (χ3n) is 3.12. The molecule has 2 rings (SSSR count). The molecule has 4 nitrogen and oxygen atoms in total. The molecule has 1 aromatic carbocycles. The fraction of sp³-hybridized carbons (Fsp3) is 0.462. The molecular formula is C13H18N2O2S. The van der Waals surface area contributed by atoms with Gasteiger partial charge in [-0.25, -0.2) is 4.83 Å². The van der Waals surface area contributed by atoms with Crippen molar-refractivity contribution in [3.8, 4) is 0 Å². The van der Waals surface area contributed by atoms with E-state index in [9.17, 15) is 8.42 Å². The quantitative estimate of drug-likeness (QED) is 0.855. The summed E-state index contributed by atoms with van der Waals surface area (Å²) in [4.78, 5) is 2.57. The number of hydrogen-bond donors (Lipinski definition) is 1. The van der Waals surface area contributed by atoms with Crippen LogP contribution in [-0.4, -0.2) is 14.1 Å². The Bertz CT molecular complexity index is 523. The van der Waals surface area contributed by atoms with Gasteiger partial charge >= 0.3 is 0 Å². The van der Waals surface area contributed by atoms with Gasteiger partial charge < -0.3 is 0 Å². The van der Waals surface area contributed by atoms with Crippen molar-refractivity contribution in [3.05, 3.63) is 30.3 Å². The molecule has 0 saturated heterocycles. The van der Waals surface area contributed by atoms with Crippen LogP contribution in [0.1, 0.15) is 32.6 Å². The minimum atomic E-state index is -3.51. The van der Waals surface area contributed by atoms with Crippen LogP contribution in [0, 0.1) is 5.92 Å². The van der Waals surface area contributed by atoms with Gasteiger partial charge in [0.1, 0.15) is 0 Å². The number of rotatable bonds is 3. The second kappa shape index (κ2) is 5.52. The van der Waals surface area contributed by atoms with Gasteiger partial charge in [-0.1, -0.05) is 25.1 Å². The first-order valence-electron chi connectivity index (χ1n) is 6.20. The van der Waals surface area contributed by atoms with Crippen molar-refractivity contribution >= 4 is 15.7 Å². The van der Waals surface area contributed by atoms with Crippen LogP contribution in [-0.2, 0) is 10.0 Å². The zero-order chi connectivity index (χ0) is 13.0. The Morgan fingerprint density at radius 3 is 2.67 bits per heavy atom. The maximum Gasteiger partial charge on any atom is 0.276 e. The molecule has 1 unspecified atom stereocenters. The van der Waals surface area contributed by atoms with Crippen LogP contribution in [0.3, 0.4) is 0 Å². The summed E-state index contributed by atoms with van der Waals surface area (Å²) in [6.45, 7) is 2.17. The van der Waals surface area contributed by atoms with Gasteiger partial charge in [-0.05, 0) is 43.7 Å². The number of sulfonamides is 1. The minimum absolute atomic E-state index is 0.248. The average molecular weight is 266 g/mol. The van der Waals surface area contributed by atoms with Crippen LogP contribution in [0.5, 0.6) is 0 Å². The van der Waals surface area contributed by atoms with Crippen molar-refractivity contribution in [1.82, 2.24) is 4.83 Å². The first kappa shape index (κ1) is 13.1. The van der Waals surface area contributed by atoms with E-state index in [4.69, 9.17) is 0 Å². The molecule has 18 heavy (non-hydrogen) atoms. The van der Waals surface area contributed by atoms with E-state index in [2.05, 4.69) is 16.9 Å². The fourth-order valence-electron chi connectivity index (χ4n) is 2.14. The second-order valence-electron chi connectivity index (χ2n) is 4.79. The zero-order valence-corrected chi connectivity index (χ0v) is 11.3. The lowest BCUT2D eigenvalue weighted by atomic mass is 9.89. The maximum atomic E-state index is 11.9. The number of nitrogens with one attached hydrogen (secondary N) is 1. The fourth-order valence-corrected chi connectivity index (χ4v) is 3.01. The molecule has 0 heterocycles. The number of hydrogen-bond acceptors (Lipinski definition) is 3. The third kappa shape index (κ3) is 3.32. The van der Waals surface area contributed by atoms with Crippen LogP contribution in [0.4, 0.5) is 0 Å². The number of benzene rings is 1. The van der Waals surface area contributed by atoms with Crippen molar-refractivity contribution in [3.63, 3.8) is 0 Å². The predicted molar refractivity (Wildman–Crippen MR) is 71.8 cm³/mol. The second-order valence-corrected chi connectivity index (χ2v) is 6.45. The van der Waals surface area contributed by atoms with Gasteiger partial charge in [-0.2, -0.15) is 13.5 Å². The highest BCUT2D eigenvalue weighted by Gasteiger charge is 2.16. The highest BCUT2D eigenvalue weighted by molar-refractivity contribution is 7.89. The zero-order valence-electron chi connectivity index (χ0n) is 10.5. The molecule has 0 spiro atoms. The van der Waals surface area contributed by atoms with E-state index < -0.39 is 10.0 Å². The van der Waals surface area contributed by atoms with Crippen LogP contribution < -0.4 is 4.83 Å². The smallest absolute Gasteiger partial charge is 0.200 e. The Morgan fingerprint density at radius 1 is 1.28 bits per heavy atom. The van der Waals surface area contributed by atoms with E-state index in [1.807, 2.05) is 0 Å². The van der Waals surface area contributed by atoms with Gasteiger partial charge in [0.25, 0.3) is 10.0 Å². The lowest BCUT2D eigenvalue weighted by Crippen LogP contribution is -2.22. The molecule has 0 bridgehead atoms. The summed E-state index contributed by atoms with van der Waals surface area (Å²) in [7, 11) is -3.51. The molecule has 5 heteroatoms. The normalized spacial score (nSPS) is 22.9. The van der Waals surface area contributed by atoms with Crippen molar-refractivity contribution in [2.75, 3.05) is 0 Å². The van der Waals surface area contributed by atoms with Crippen LogP contribution in [0.25, 0.3) is 0 Å². The summed E-state index contributed by atoms with van der Waals surface area (Å²) in [5, 5.41) is 4.06. The van der Waals surface area contributed by atoms with E-state index in [1.165, 1.54) is 6.42 Å². The Hall–Kier alpha value is -1.36. The molecule has 1 aliphatic rings. The minimum Gasteiger partial charge on any atom is -0.200 e. The monoisotopic (exact) mass is 266 g/mol. The summed E-state index contributed by atoms with van der Waals surface area (Å²) >= 11 is 0. The topological polar surface area (TPSA) is 58.5 Å². The van der Waals surface area contributed by atoms with Gasteiger partial charge in [0.15, 0.2) is 0 Å². The largest absolute Gasteiger partial charge is 0.276 e. The molecule has 0 amide bonds. The average Bonchev–Trinajstić information content (AvgIpc) is 2.38. The van der Waals surface area contributed by atoms with Crippen molar-refractivity contribution in [2.24, 2.45) is 11.0 Å². The SMILES string of the molecule is CC1CCC/C(=N/NS(=O)(=O)c2ccccc2)C1. The molecule has 1 aromatic rings. The van der Waals surface area contributed by atoms with Gasteiger partial charge in [-0.3, -0.25) is 0 Å². The summed E-state index contributed by atoms with van der Waals surface area (Å²) < 4.78 is 23.9. The van der Waals surface area contributed by atoms with Crippen molar-refractivity contribution in [1.29, 1.82) is 0 Å². The van der Waals surface area contributed by atoms with E-state index in [0.29, 0.717) is 5.92 Å². The first-order valence-corrected chi connectivity index (χ1v) is 7.68. The van der Waals surface area contributed by atoms with E-state index >= 15 is 0 Å². The Balaban J connectivity index is 2.07. The number of nitrogens with zero attached hydrogens (tertiary/aromatic N) is 1. The molecule has 0 radical (unpaired) electrons. The van der Waals surface area contributed by atoms with E-state index in [1.54, 1.807) is 30.3 Å². The Kier molecular flexibility index (Phi) is 4.01. The molecule has 1 saturated carbocycles. The van der Waals surface area contributed by atoms with Gasteiger partial charge in [0.2, 0.25) is 0 Å². The Labute approximate surface area is 108 Å². The molecule has 0 aliphatic heterocycles. The molecule has 1 fully saturated rings. The summed E-state index contributed by atoms with van der Waals surface area (Å²) in [6.07, 6.45) is 4.07. The highest BCUT2D eigenvalue weighted by atomic mass is 32.2. The predicted octanol–water partition coefficient (Wildman–Crippen LogP) is 2.53.